The van der Waals surface area contributed by atoms with Crippen molar-refractivity contribution >= 4 is 35.0 Å². The van der Waals surface area contributed by atoms with Crippen LogP contribution in [-0.4, -0.2) is 18.3 Å². The SMILES string of the molecule is COC(=O)C(C)C(C)Sc1cc(N)ccc1Cl. The van der Waals surface area contributed by atoms with E-state index in [-0.39, 0.29) is 17.1 Å². The minimum absolute atomic E-state index is 0.0711. The zero-order chi connectivity index (χ0) is 13.0. The summed E-state index contributed by atoms with van der Waals surface area (Å²) in [5.41, 5.74) is 6.36. The Hall–Kier alpha value is -0.870. The maximum absolute atomic E-state index is 11.4. The van der Waals surface area contributed by atoms with Crippen molar-refractivity contribution in [2.45, 2.75) is 24.0 Å². The second kappa shape index (κ2) is 6.17. The van der Waals surface area contributed by atoms with E-state index in [0.29, 0.717) is 10.7 Å². The van der Waals surface area contributed by atoms with E-state index in [1.165, 1.54) is 18.9 Å². The number of halogens is 1. The third-order valence-electron chi connectivity index (χ3n) is 2.55. The lowest BCUT2D eigenvalue weighted by molar-refractivity contribution is -0.144. The Morgan fingerprint density at radius 2 is 2.12 bits per heavy atom. The minimum atomic E-state index is -0.218. The first-order chi connectivity index (χ1) is 7.95. The van der Waals surface area contributed by atoms with Crippen molar-refractivity contribution in [2.75, 3.05) is 12.8 Å². The predicted molar refractivity (Wildman–Crippen MR) is 72.4 cm³/mol. The molecule has 94 valence electrons. The monoisotopic (exact) mass is 273 g/mol. The van der Waals surface area contributed by atoms with E-state index in [0.717, 1.165) is 4.90 Å². The van der Waals surface area contributed by atoms with E-state index >= 15 is 0 Å². The first-order valence-electron chi connectivity index (χ1n) is 5.25. The highest BCUT2D eigenvalue weighted by molar-refractivity contribution is 8.00. The van der Waals surface area contributed by atoms with E-state index in [1.807, 2.05) is 19.9 Å². The summed E-state index contributed by atoms with van der Waals surface area (Å²) in [6, 6.07) is 5.32. The lowest BCUT2D eigenvalue weighted by atomic mass is 10.1. The van der Waals surface area contributed by atoms with Crippen LogP contribution < -0.4 is 5.73 Å². The summed E-state index contributed by atoms with van der Waals surface area (Å²) in [7, 11) is 1.39. The van der Waals surface area contributed by atoms with Crippen LogP contribution in [0, 0.1) is 5.92 Å². The molecule has 0 aromatic heterocycles. The Bertz CT molecular complexity index is 411. The van der Waals surface area contributed by atoms with Gasteiger partial charge in [-0.1, -0.05) is 25.4 Å². The number of nitrogen functional groups attached to an aromatic ring is 1. The van der Waals surface area contributed by atoms with Crippen LogP contribution in [0.2, 0.25) is 5.02 Å². The summed E-state index contributed by atoms with van der Waals surface area (Å²) in [5, 5.41) is 0.717. The largest absolute Gasteiger partial charge is 0.469 e. The molecule has 0 saturated carbocycles. The molecular weight excluding hydrogens is 258 g/mol. The normalized spacial score (nSPS) is 14.1. The fourth-order valence-corrected chi connectivity index (χ4v) is 2.64. The maximum Gasteiger partial charge on any atom is 0.309 e. The van der Waals surface area contributed by atoms with Crippen molar-refractivity contribution in [3.8, 4) is 0 Å². The van der Waals surface area contributed by atoms with E-state index in [4.69, 9.17) is 22.1 Å². The average Bonchev–Trinajstić information content (AvgIpc) is 2.31. The van der Waals surface area contributed by atoms with Gasteiger partial charge in [0.25, 0.3) is 0 Å². The zero-order valence-corrected chi connectivity index (χ0v) is 11.6. The standard InChI is InChI=1S/C12H16ClNO2S/c1-7(12(15)16-3)8(2)17-11-6-9(14)4-5-10(11)13/h4-8H,14H2,1-3H3. The molecule has 5 heteroatoms. The number of esters is 1. The number of ether oxygens (including phenoxy) is 1. The van der Waals surface area contributed by atoms with Crippen LogP contribution in [0.1, 0.15) is 13.8 Å². The van der Waals surface area contributed by atoms with Gasteiger partial charge in [-0.25, -0.2) is 0 Å². The molecule has 0 saturated heterocycles. The Kier molecular flexibility index (Phi) is 5.15. The molecule has 1 aromatic rings. The second-order valence-corrected chi connectivity index (χ2v) is 5.65. The molecule has 1 rings (SSSR count). The van der Waals surface area contributed by atoms with Crippen molar-refractivity contribution in [1.29, 1.82) is 0 Å². The van der Waals surface area contributed by atoms with E-state index in [1.54, 1.807) is 12.1 Å². The van der Waals surface area contributed by atoms with Crippen LogP contribution in [0.15, 0.2) is 23.1 Å². The van der Waals surface area contributed by atoms with Gasteiger partial charge in [0, 0.05) is 15.8 Å². The number of hydrogen-bond acceptors (Lipinski definition) is 4. The highest BCUT2D eigenvalue weighted by Gasteiger charge is 2.22. The highest BCUT2D eigenvalue weighted by atomic mass is 35.5. The molecule has 0 heterocycles. The molecule has 0 bridgehead atoms. The third kappa shape index (κ3) is 3.82. The van der Waals surface area contributed by atoms with Crippen molar-refractivity contribution in [1.82, 2.24) is 0 Å². The summed E-state index contributed by atoms with van der Waals surface area (Å²) in [6.07, 6.45) is 0. The zero-order valence-electron chi connectivity index (χ0n) is 10.1. The molecule has 2 unspecified atom stereocenters. The third-order valence-corrected chi connectivity index (χ3v) is 4.36. The number of carbonyl (C=O) groups excluding carboxylic acids is 1. The number of nitrogens with two attached hydrogens (primary N) is 1. The number of hydrogen-bond donors (Lipinski definition) is 1. The van der Waals surface area contributed by atoms with Crippen LogP contribution in [0.25, 0.3) is 0 Å². The summed E-state index contributed by atoms with van der Waals surface area (Å²) >= 11 is 7.59. The van der Waals surface area contributed by atoms with Gasteiger partial charge in [-0.15, -0.1) is 11.8 Å². The van der Waals surface area contributed by atoms with Crippen LogP contribution in [0.4, 0.5) is 5.69 Å². The second-order valence-electron chi connectivity index (χ2n) is 3.82. The molecule has 0 amide bonds. The average molecular weight is 274 g/mol. The molecule has 17 heavy (non-hydrogen) atoms. The van der Waals surface area contributed by atoms with Crippen molar-refractivity contribution in [3.63, 3.8) is 0 Å². The molecular formula is C12H16ClNO2S. The van der Waals surface area contributed by atoms with Crippen molar-refractivity contribution < 1.29 is 9.53 Å². The Morgan fingerprint density at radius 3 is 2.71 bits per heavy atom. The molecule has 0 spiro atoms. The van der Waals surface area contributed by atoms with Crippen molar-refractivity contribution in [2.24, 2.45) is 5.92 Å². The smallest absolute Gasteiger partial charge is 0.309 e. The van der Waals surface area contributed by atoms with Gasteiger partial charge >= 0.3 is 5.97 Å². The van der Waals surface area contributed by atoms with Gasteiger partial charge in [0.1, 0.15) is 0 Å². The lowest BCUT2D eigenvalue weighted by Crippen LogP contribution is -2.21. The number of carbonyl (C=O) groups is 1. The number of anilines is 1. The van der Waals surface area contributed by atoms with E-state index < -0.39 is 0 Å². The molecule has 0 aliphatic rings. The molecule has 2 N–H and O–H groups in total. The van der Waals surface area contributed by atoms with Gasteiger partial charge < -0.3 is 10.5 Å². The van der Waals surface area contributed by atoms with Gasteiger partial charge in [-0.2, -0.15) is 0 Å². The molecule has 2 atom stereocenters. The Morgan fingerprint density at radius 1 is 1.47 bits per heavy atom. The number of rotatable bonds is 4. The Labute approximate surface area is 111 Å². The minimum Gasteiger partial charge on any atom is -0.469 e. The van der Waals surface area contributed by atoms with Crippen LogP contribution in [-0.2, 0) is 9.53 Å². The molecule has 0 aliphatic heterocycles. The molecule has 0 radical (unpaired) electrons. The van der Waals surface area contributed by atoms with Crippen LogP contribution in [0.5, 0.6) is 0 Å². The fraction of sp³-hybridized carbons (Fsp3) is 0.417. The van der Waals surface area contributed by atoms with Gasteiger partial charge in [-0.05, 0) is 18.2 Å². The summed E-state index contributed by atoms with van der Waals surface area (Å²) in [6.45, 7) is 3.80. The fourth-order valence-electron chi connectivity index (χ4n) is 1.29. The first-order valence-corrected chi connectivity index (χ1v) is 6.51. The quantitative estimate of drug-likeness (QED) is 0.520. The van der Waals surface area contributed by atoms with Gasteiger partial charge in [0.15, 0.2) is 0 Å². The molecule has 1 aromatic carbocycles. The van der Waals surface area contributed by atoms with E-state index in [2.05, 4.69) is 0 Å². The number of thioether (sulfide) groups is 1. The molecule has 0 fully saturated rings. The summed E-state index contributed by atoms with van der Waals surface area (Å²) in [4.78, 5) is 12.3. The van der Waals surface area contributed by atoms with Gasteiger partial charge in [-0.3, -0.25) is 4.79 Å². The number of benzene rings is 1. The summed E-state index contributed by atoms with van der Waals surface area (Å²) < 4.78 is 4.71. The number of methoxy groups -OCH3 is 1. The molecule has 3 nitrogen and oxygen atoms in total. The topological polar surface area (TPSA) is 52.3 Å². The predicted octanol–water partition coefficient (Wildman–Crippen LogP) is 3.21. The Balaban J connectivity index is 2.77. The maximum atomic E-state index is 11.4. The van der Waals surface area contributed by atoms with E-state index in [9.17, 15) is 4.79 Å². The van der Waals surface area contributed by atoms with Crippen LogP contribution >= 0.6 is 23.4 Å². The molecule has 0 aliphatic carbocycles. The van der Waals surface area contributed by atoms with Crippen molar-refractivity contribution in [3.05, 3.63) is 23.2 Å². The van der Waals surface area contributed by atoms with Crippen LogP contribution in [0.3, 0.4) is 0 Å². The first kappa shape index (κ1) is 14.2. The van der Waals surface area contributed by atoms with Gasteiger partial charge in [0.2, 0.25) is 0 Å². The highest BCUT2D eigenvalue weighted by Crippen LogP contribution is 2.34. The summed E-state index contributed by atoms with van der Waals surface area (Å²) in [5.74, 6) is -0.410. The lowest BCUT2D eigenvalue weighted by Gasteiger charge is -2.18. The van der Waals surface area contributed by atoms with Gasteiger partial charge in [0.05, 0.1) is 18.1 Å².